The zero-order valence-corrected chi connectivity index (χ0v) is 44.1. The Morgan fingerprint density at radius 1 is 0.886 bits per heavy atom. The number of aliphatic hydroxyl groups is 2. The molecular formula is C55H59N9O14S. The number of benzene rings is 3. The largest absolute Gasteiger partial charge is 0.507 e. The molecule has 0 radical (unpaired) electrons. The molecule has 3 aromatic rings. The number of aliphatic hydroxyl groups excluding tert-OH is 2. The molecular weight excluding hydrogens is 1040 g/mol. The number of thiol groups is 1. The van der Waals surface area contributed by atoms with Gasteiger partial charge in [0.2, 0.25) is 29.5 Å². The van der Waals surface area contributed by atoms with Crippen LogP contribution in [-0.2, 0) is 45.7 Å². The Hall–Kier alpha value is -8.42. The lowest BCUT2D eigenvalue weighted by molar-refractivity contribution is -0.138. The number of imide groups is 1. The number of hydrogen-bond acceptors (Lipinski definition) is 17. The van der Waals surface area contributed by atoms with Gasteiger partial charge >= 0.3 is 12.1 Å². The number of alkyl carbamates (subject to hydrolysis) is 1. The number of phenolic OH excluding ortho intramolecular Hbond substituents is 1. The van der Waals surface area contributed by atoms with Crippen molar-refractivity contribution < 1.29 is 67.9 Å². The highest BCUT2D eigenvalue weighted by molar-refractivity contribution is 7.81. The van der Waals surface area contributed by atoms with E-state index in [0.29, 0.717) is 16.9 Å². The summed E-state index contributed by atoms with van der Waals surface area (Å²) >= 11 is 4.10. The predicted molar refractivity (Wildman–Crippen MR) is 287 cm³/mol. The molecule has 2 bridgehead atoms. The topological polar surface area (TPSA) is 350 Å². The molecule has 3 aromatic carbocycles. The van der Waals surface area contributed by atoms with Gasteiger partial charge in [-0.3, -0.25) is 38.5 Å². The fourth-order valence-electron chi connectivity index (χ4n) is 10.2. The third-order valence-corrected chi connectivity index (χ3v) is 14.6. The van der Waals surface area contributed by atoms with Gasteiger partial charge < -0.3 is 67.7 Å². The van der Waals surface area contributed by atoms with Crippen molar-refractivity contribution in [2.24, 2.45) is 11.7 Å². The van der Waals surface area contributed by atoms with E-state index in [2.05, 4.69) is 73.5 Å². The van der Waals surface area contributed by atoms with Crippen molar-refractivity contribution in [3.8, 4) is 29.4 Å². The lowest BCUT2D eigenvalue weighted by Crippen LogP contribution is -2.54. The number of hydrogen-bond donors (Lipinski definition) is 12. The molecule has 2 aliphatic carbocycles. The number of carbonyl (C=O) groups excluding carboxylic acids is 9. The molecule has 414 valence electrons. The summed E-state index contributed by atoms with van der Waals surface area (Å²) in [6.45, 7) is 5.15. The first kappa shape index (κ1) is 56.8. The number of primary amides is 1. The van der Waals surface area contributed by atoms with E-state index in [1.165, 1.54) is 37.3 Å². The van der Waals surface area contributed by atoms with Gasteiger partial charge in [-0.25, -0.2) is 9.59 Å². The van der Waals surface area contributed by atoms with Gasteiger partial charge in [-0.2, -0.15) is 12.6 Å². The predicted octanol–water partition coefficient (Wildman–Crippen LogP) is 1.43. The fourth-order valence-corrected chi connectivity index (χ4v) is 10.5. The molecule has 24 heteroatoms. The third kappa shape index (κ3) is 11.6. The Bertz CT molecular complexity index is 3180. The van der Waals surface area contributed by atoms with Gasteiger partial charge in [-0.1, -0.05) is 49.7 Å². The molecule has 79 heavy (non-hydrogen) atoms. The van der Waals surface area contributed by atoms with Crippen LogP contribution in [-0.4, -0.2) is 141 Å². The number of ether oxygens (including phenoxy) is 2. The van der Waals surface area contributed by atoms with Gasteiger partial charge in [0, 0.05) is 67.1 Å². The maximum atomic E-state index is 14.3. The quantitative estimate of drug-likeness (QED) is 0.0140. The van der Waals surface area contributed by atoms with Crippen molar-refractivity contribution >= 4 is 82.9 Å². The van der Waals surface area contributed by atoms with Crippen LogP contribution in [0.2, 0.25) is 0 Å². The normalized spacial score (nSPS) is 22.5. The number of nitrogens with two attached hydrogens (primary N) is 1. The van der Waals surface area contributed by atoms with Crippen molar-refractivity contribution in [1.29, 1.82) is 0 Å². The van der Waals surface area contributed by atoms with Crippen LogP contribution in [0.5, 0.6) is 5.75 Å². The summed E-state index contributed by atoms with van der Waals surface area (Å²) in [7, 11) is 0. The number of epoxide rings is 1. The van der Waals surface area contributed by atoms with Crippen LogP contribution in [0.3, 0.4) is 0 Å². The van der Waals surface area contributed by atoms with Crippen LogP contribution >= 0.6 is 12.6 Å². The first-order valence-electron chi connectivity index (χ1n) is 25.5. The second-order valence-electron chi connectivity index (χ2n) is 19.8. The number of carbonyl (C=O) groups is 9. The molecule has 5 aliphatic rings. The smallest absolute Gasteiger partial charge is 0.407 e. The van der Waals surface area contributed by atoms with Crippen LogP contribution in [0.1, 0.15) is 95.8 Å². The standard InChI is InChI=1S/C55H59N9O14S/c1-28(2)45(63-41(68)13-9-23-64-42(69)26-38(79)51(64)74)50(73)61-36(10-8-20-58-52(56)75)49(72)60-31-16-14-30(15-17-31)27-77-53(76)59-22-21-57-32-18-19-33-34(24-32)48(71)43-37(66)25-35-46(44(43)47(33)70)62-39-11-6-4-5-7-12-40(67)55(35)54(39,78-55)29(3)65/h4-5,14-19,24-25,28-29,36,38-40,45,57,62,65-67,79H,8-10,13,20-23,26-27H2,1-3H3,(H,59,76)(H,60,72)(H,61,73)(H,63,68)(H3,56,58,75)/b5-4-/t29-,36+,38?,39+,40-,45+,54+,55+/m1/s1. The Balaban J connectivity index is 0.819. The third-order valence-electron chi connectivity index (χ3n) is 14.1. The summed E-state index contributed by atoms with van der Waals surface area (Å²) in [5.74, 6) is 6.55. The lowest BCUT2D eigenvalue weighted by Gasteiger charge is -2.37. The number of nitrogens with one attached hydrogen (secondary N) is 7. The molecule has 8 rings (SSSR count). The average Bonchev–Trinajstić information content (AvgIpc) is 2.29. The molecule has 3 aliphatic heterocycles. The molecule has 3 heterocycles. The molecule has 0 saturated carbocycles. The van der Waals surface area contributed by atoms with Crippen LogP contribution in [0.25, 0.3) is 0 Å². The summed E-state index contributed by atoms with van der Waals surface area (Å²) in [4.78, 5) is 118. The average molecular weight is 1100 g/mol. The zero-order valence-electron chi connectivity index (χ0n) is 43.2. The van der Waals surface area contributed by atoms with Gasteiger partial charge in [0.05, 0.1) is 28.2 Å². The monoisotopic (exact) mass is 1100 g/mol. The maximum Gasteiger partial charge on any atom is 0.407 e. The summed E-state index contributed by atoms with van der Waals surface area (Å²) in [5, 5.41) is 52.6. The SMILES string of the molecule is CC(C)[C@H](NC(=O)CCCN1C(=O)CC(S)C1=O)C(=O)N[C@@H](CCCNC(N)=O)C(=O)Nc1ccc(COC(=O)NCCNc2ccc3c(c2)C(=O)c2c(O)cc4c(c2C3=O)N[C@H]2C#C/C=C\C#C[C@@H](O)[C@@]43O[C@@]23[C@@H](C)O)cc1. The summed E-state index contributed by atoms with van der Waals surface area (Å²) in [5.41, 5.74) is 3.25. The second kappa shape index (κ2) is 23.7. The molecule has 12 N–H and O–H groups in total. The number of nitrogens with zero attached hydrogens (tertiary/aromatic N) is 1. The second-order valence-corrected chi connectivity index (χ2v) is 20.4. The zero-order chi connectivity index (χ0) is 56.9. The van der Waals surface area contributed by atoms with E-state index in [-0.39, 0.29) is 104 Å². The highest BCUT2D eigenvalue weighted by Gasteiger charge is 2.82. The molecule has 0 aromatic heterocycles. The number of amides is 8. The van der Waals surface area contributed by atoms with Crippen molar-refractivity contribution in [2.75, 3.05) is 42.1 Å². The van der Waals surface area contributed by atoms with E-state index in [9.17, 15) is 58.5 Å². The van der Waals surface area contributed by atoms with Crippen molar-refractivity contribution in [1.82, 2.24) is 26.2 Å². The van der Waals surface area contributed by atoms with Gasteiger partial charge in [-0.15, -0.1) is 0 Å². The van der Waals surface area contributed by atoms with Gasteiger partial charge in [0.15, 0.2) is 28.9 Å². The number of urea groups is 1. The first-order chi connectivity index (χ1) is 37.7. The number of fused-ring (bicyclic) bond motifs is 4. The minimum Gasteiger partial charge on any atom is -0.507 e. The Labute approximate surface area is 458 Å². The lowest BCUT2D eigenvalue weighted by atomic mass is 9.69. The number of anilines is 3. The summed E-state index contributed by atoms with van der Waals surface area (Å²) in [6, 6.07) is 8.23. The van der Waals surface area contributed by atoms with E-state index in [1.807, 2.05) is 0 Å². The minimum atomic E-state index is -1.70. The van der Waals surface area contributed by atoms with Gasteiger partial charge in [0.1, 0.15) is 30.5 Å². The number of rotatable bonds is 21. The van der Waals surface area contributed by atoms with E-state index < -0.39 is 106 Å². The molecule has 1 unspecified atom stereocenters. The van der Waals surface area contributed by atoms with Crippen LogP contribution in [0.4, 0.5) is 26.7 Å². The van der Waals surface area contributed by atoms with Crippen molar-refractivity contribution in [3.05, 3.63) is 94.1 Å². The van der Waals surface area contributed by atoms with E-state index >= 15 is 0 Å². The number of phenols is 1. The van der Waals surface area contributed by atoms with Crippen molar-refractivity contribution in [3.63, 3.8) is 0 Å². The summed E-state index contributed by atoms with van der Waals surface area (Å²) in [6.07, 6.45) is -0.119. The number of allylic oxidation sites excluding steroid dienone is 2. The highest BCUT2D eigenvalue weighted by Crippen LogP contribution is 2.67. The maximum absolute atomic E-state index is 14.3. The van der Waals surface area contributed by atoms with E-state index in [0.717, 1.165) is 4.90 Å². The molecule has 2 saturated heterocycles. The summed E-state index contributed by atoms with van der Waals surface area (Å²) < 4.78 is 11.6. The molecule has 8 amide bonds. The number of ketones is 2. The fraction of sp³-hybridized carbons (Fsp3) is 0.400. The molecule has 8 atom stereocenters. The minimum absolute atomic E-state index is 0.00964. The Morgan fingerprint density at radius 3 is 2.28 bits per heavy atom. The Kier molecular flexibility index (Phi) is 17.0. The van der Waals surface area contributed by atoms with Gasteiger partial charge in [-0.05, 0) is 86.2 Å². The van der Waals surface area contributed by atoms with E-state index in [1.54, 1.807) is 44.2 Å². The first-order valence-corrected chi connectivity index (χ1v) is 26.0. The Morgan fingerprint density at radius 2 is 1.59 bits per heavy atom. The van der Waals surface area contributed by atoms with Crippen molar-refractivity contribution in [2.45, 2.75) is 106 Å². The van der Waals surface area contributed by atoms with Gasteiger partial charge in [0.25, 0.3) is 0 Å². The van der Waals surface area contributed by atoms with Crippen LogP contribution < -0.4 is 43.0 Å². The number of likely N-dealkylation sites (tertiary alicyclic amines) is 1. The molecule has 23 nitrogen and oxygen atoms in total. The van der Waals surface area contributed by atoms with Crippen LogP contribution in [0, 0.1) is 29.6 Å². The van der Waals surface area contributed by atoms with Crippen LogP contribution in [0.15, 0.2) is 60.7 Å². The highest BCUT2D eigenvalue weighted by atomic mass is 32.1. The molecule has 2 fully saturated rings. The van der Waals surface area contributed by atoms with E-state index in [4.69, 9.17) is 15.2 Å². The molecule has 0 spiro atoms. The number of aromatic hydroxyl groups is 1.